The number of aryl methyl sites for hydroxylation is 1. The van der Waals surface area contributed by atoms with Gasteiger partial charge in [0.05, 0.1) is 11.4 Å². The van der Waals surface area contributed by atoms with Crippen LogP contribution >= 0.6 is 0 Å². The second-order valence-corrected chi connectivity index (χ2v) is 2.87. The van der Waals surface area contributed by atoms with Crippen molar-refractivity contribution in [2.45, 2.75) is 20.8 Å². The Bertz CT molecular complexity index is 376. The van der Waals surface area contributed by atoms with Crippen molar-refractivity contribution in [1.82, 2.24) is 4.98 Å². The molecule has 86 valence electrons. The lowest BCUT2D eigenvalue weighted by atomic mass is 10.2. The number of hydrogen-bond acceptors (Lipinski definition) is 2. The first-order valence-corrected chi connectivity index (χ1v) is 5.48. The fourth-order valence-electron chi connectivity index (χ4n) is 1.12. The molecule has 0 N–H and O–H groups in total. The lowest BCUT2D eigenvalue weighted by Crippen LogP contribution is -2.00. The van der Waals surface area contributed by atoms with Gasteiger partial charge in [-0.3, -0.25) is 9.98 Å². The number of aromatic nitrogens is 1. The molecule has 0 spiro atoms. The highest BCUT2D eigenvalue weighted by Crippen LogP contribution is 2.01. The summed E-state index contributed by atoms with van der Waals surface area (Å²) >= 11 is 0. The van der Waals surface area contributed by atoms with Gasteiger partial charge in [-0.1, -0.05) is 38.6 Å². The molecule has 1 rings (SSSR count). The summed E-state index contributed by atoms with van der Waals surface area (Å²) in [6.07, 6.45) is 5.47. The number of rotatable bonds is 3. The second kappa shape index (κ2) is 8.60. The Balaban J connectivity index is 0.00000106. The van der Waals surface area contributed by atoms with Crippen LogP contribution in [-0.2, 0) is 0 Å². The summed E-state index contributed by atoms with van der Waals surface area (Å²) < 4.78 is 0. The second-order valence-electron chi connectivity index (χ2n) is 2.87. The van der Waals surface area contributed by atoms with Gasteiger partial charge in [-0.2, -0.15) is 0 Å². The fraction of sp³-hybridized carbons (Fsp3) is 0.286. The van der Waals surface area contributed by atoms with E-state index in [1.807, 2.05) is 51.1 Å². The Morgan fingerprint density at radius 3 is 2.56 bits per heavy atom. The van der Waals surface area contributed by atoms with Crippen molar-refractivity contribution < 1.29 is 0 Å². The minimum Gasteiger partial charge on any atom is -0.286 e. The van der Waals surface area contributed by atoms with Gasteiger partial charge < -0.3 is 0 Å². The molecule has 2 nitrogen and oxygen atoms in total. The molecule has 0 radical (unpaired) electrons. The predicted octanol–water partition coefficient (Wildman–Crippen LogP) is 3.58. The number of nitrogens with zero attached hydrogens (tertiary/aromatic N) is 2. The molecular formula is C14H20N2. The Morgan fingerprint density at radius 2 is 2.06 bits per heavy atom. The van der Waals surface area contributed by atoms with Gasteiger partial charge in [0.1, 0.15) is 0 Å². The van der Waals surface area contributed by atoms with Crippen molar-refractivity contribution in [1.29, 1.82) is 0 Å². The molecule has 0 aliphatic carbocycles. The minimum absolute atomic E-state index is 0.869. The predicted molar refractivity (Wildman–Crippen MR) is 72.1 cm³/mol. The van der Waals surface area contributed by atoms with E-state index >= 15 is 0 Å². The van der Waals surface area contributed by atoms with E-state index in [1.165, 1.54) is 0 Å². The molecule has 0 aliphatic heterocycles. The number of hydrogen-bond donors (Lipinski definition) is 0. The molecule has 1 aromatic rings. The summed E-state index contributed by atoms with van der Waals surface area (Å²) in [5.74, 6) is 0. The molecule has 0 fully saturated rings. The van der Waals surface area contributed by atoms with E-state index in [1.54, 1.807) is 13.1 Å². The third-order valence-corrected chi connectivity index (χ3v) is 1.78. The molecular weight excluding hydrogens is 196 g/mol. The van der Waals surface area contributed by atoms with Gasteiger partial charge >= 0.3 is 0 Å². The number of allylic oxidation sites excluding steroid dienone is 3. The summed E-state index contributed by atoms with van der Waals surface area (Å²) in [5, 5.41) is 0. The highest BCUT2D eigenvalue weighted by Gasteiger charge is 1.99. The van der Waals surface area contributed by atoms with Crippen LogP contribution in [0.5, 0.6) is 0 Å². The first-order valence-electron chi connectivity index (χ1n) is 5.48. The van der Waals surface area contributed by atoms with Crippen LogP contribution in [0.3, 0.4) is 0 Å². The maximum absolute atomic E-state index is 4.38. The molecule has 2 heteroatoms. The van der Waals surface area contributed by atoms with Gasteiger partial charge in [0.2, 0.25) is 0 Å². The van der Waals surface area contributed by atoms with Gasteiger partial charge in [-0.25, -0.2) is 0 Å². The summed E-state index contributed by atoms with van der Waals surface area (Å²) in [6.45, 7) is 9.58. The number of pyridine rings is 1. The third-order valence-electron chi connectivity index (χ3n) is 1.78. The molecule has 0 bridgehead atoms. The topological polar surface area (TPSA) is 25.2 Å². The van der Waals surface area contributed by atoms with Crippen LogP contribution in [0.2, 0.25) is 0 Å². The average molecular weight is 216 g/mol. The highest BCUT2D eigenvalue weighted by atomic mass is 14.8. The zero-order valence-corrected chi connectivity index (χ0v) is 10.6. The monoisotopic (exact) mass is 216 g/mol. The standard InChI is InChI=1S/C12H14N2.C2H6/c1-4-5-8-11(13-3)12-9-6-7-10(2)14-12;1-2/h4-9H,1H2,2-3H3;1-2H3/b8-5-,13-11?;. The normalized spacial score (nSPS) is 10.9. The molecule has 16 heavy (non-hydrogen) atoms. The minimum atomic E-state index is 0.869. The zero-order chi connectivity index (χ0) is 12.4. The SMILES string of the molecule is C=C/C=C\C(=NC)c1cccc(C)n1.CC. The lowest BCUT2D eigenvalue weighted by Gasteiger charge is -2.00. The van der Waals surface area contributed by atoms with E-state index in [4.69, 9.17) is 0 Å². The molecule has 0 aliphatic rings. The Hall–Kier alpha value is -1.70. The maximum atomic E-state index is 4.38. The van der Waals surface area contributed by atoms with E-state index in [9.17, 15) is 0 Å². The summed E-state index contributed by atoms with van der Waals surface area (Å²) in [6, 6.07) is 5.89. The van der Waals surface area contributed by atoms with Gasteiger partial charge in [-0.15, -0.1) is 0 Å². The number of aliphatic imine (C=N–C) groups is 1. The van der Waals surface area contributed by atoms with Crippen molar-refractivity contribution in [3.63, 3.8) is 0 Å². The largest absolute Gasteiger partial charge is 0.286 e. The van der Waals surface area contributed by atoms with E-state index in [-0.39, 0.29) is 0 Å². The van der Waals surface area contributed by atoms with Crippen molar-refractivity contribution in [2.24, 2.45) is 4.99 Å². The van der Waals surface area contributed by atoms with Gasteiger partial charge in [0.15, 0.2) is 0 Å². The van der Waals surface area contributed by atoms with Crippen LogP contribution in [-0.4, -0.2) is 17.7 Å². The summed E-state index contributed by atoms with van der Waals surface area (Å²) in [7, 11) is 1.76. The first kappa shape index (κ1) is 14.3. The summed E-state index contributed by atoms with van der Waals surface area (Å²) in [4.78, 5) is 8.54. The fourth-order valence-corrected chi connectivity index (χ4v) is 1.12. The van der Waals surface area contributed by atoms with Gasteiger partial charge in [0.25, 0.3) is 0 Å². The van der Waals surface area contributed by atoms with Crippen LogP contribution in [0.1, 0.15) is 25.2 Å². The smallest absolute Gasteiger partial charge is 0.0884 e. The zero-order valence-electron chi connectivity index (χ0n) is 10.6. The molecule has 0 aromatic carbocycles. The van der Waals surface area contributed by atoms with E-state index in [2.05, 4.69) is 16.6 Å². The summed E-state index contributed by atoms with van der Waals surface area (Å²) in [5.41, 5.74) is 2.76. The molecule has 0 saturated heterocycles. The third kappa shape index (κ3) is 4.69. The van der Waals surface area contributed by atoms with Crippen LogP contribution < -0.4 is 0 Å². The van der Waals surface area contributed by atoms with Crippen LogP contribution in [0.15, 0.2) is 48.0 Å². The Kier molecular flexibility index (Phi) is 7.68. The molecule has 0 amide bonds. The highest BCUT2D eigenvalue weighted by molar-refractivity contribution is 6.07. The van der Waals surface area contributed by atoms with Crippen molar-refractivity contribution in [3.05, 3.63) is 54.4 Å². The lowest BCUT2D eigenvalue weighted by molar-refractivity contribution is 1.18. The van der Waals surface area contributed by atoms with Crippen molar-refractivity contribution in [3.8, 4) is 0 Å². The van der Waals surface area contributed by atoms with Gasteiger partial charge in [-0.05, 0) is 25.1 Å². The quantitative estimate of drug-likeness (QED) is 0.560. The maximum Gasteiger partial charge on any atom is 0.0884 e. The van der Waals surface area contributed by atoms with E-state index in [0.29, 0.717) is 0 Å². The van der Waals surface area contributed by atoms with Crippen LogP contribution in [0.25, 0.3) is 0 Å². The Labute approximate surface area is 98.5 Å². The van der Waals surface area contributed by atoms with E-state index < -0.39 is 0 Å². The molecule has 0 atom stereocenters. The van der Waals surface area contributed by atoms with Crippen LogP contribution in [0, 0.1) is 6.92 Å². The average Bonchev–Trinajstić information content (AvgIpc) is 2.33. The van der Waals surface area contributed by atoms with Crippen molar-refractivity contribution in [2.75, 3.05) is 7.05 Å². The molecule has 0 saturated carbocycles. The first-order chi connectivity index (χ1) is 7.77. The Morgan fingerprint density at radius 1 is 1.38 bits per heavy atom. The molecule has 1 aromatic heterocycles. The van der Waals surface area contributed by atoms with Crippen LogP contribution in [0.4, 0.5) is 0 Å². The molecule has 0 unspecified atom stereocenters. The van der Waals surface area contributed by atoms with Gasteiger partial charge in [0, 0.05) is 12.7 Å². The molecule has 1 heterocycles. The van der Waals surface area contributed by atoms with E-state index in [0.717, 1.165) is 17.1 Å². The van der Waals surface area contributed by atoms with Crippen molar-refractivity contribution >= 4 is 5.71 Å².